The molecular formula is C9H13N3O2S. The fourth-order valence-electron chi connectivity index (χ4n) is 1.80. The van der Waals surface area contributed by atoms with E-state index in [0.717, 1.165) is 11.6 Å². The molecule has 5 nitrogen and oxygen atoms in total. The van der Waals surface area contributed by atoms with Crippen LogP contribution in [-0.2, 0) is 4.79 Å². The van der Waals surface area contributed by atoms with Crippen LogP contribution in [-0.4, -0.2) is 31.8 Å². The first-order valence-corrected chi connectivity index (χ1v) is 5.66. The molecular weight excluding hydrogens is 214 g/mol. The fraction of sp³-hybridized carbons (Fsp3) is 0.556. The number of nitrogens with one attached hydrogen (secondary N) is 1. The lowest BCUT2D eigenvalue weighted by molar-refractivity contribution is -0.143. The van der Waals surface area contributed by atoms with Crippen molar-refractivity contribution in [3.05, 3.63) is 12.4 Å². The molecule has 1 heterocycles. The Bertz CT molecular complexity index is 354. The summed E-state index contributed by atoms with van der Waals surface area (Å²) in [6.45, 7) is 0. The molecule has 1 aromatic rings. The number of imidazole rings is 1. The van der Waals surface area contributed by atoms with Crippen LogP contribution in [0.25, 0.3) is 0 Å². The molecule has 15 heavy (non-hydrogen) atoms. The molecule has 4 N–H and O–H groups in total. The second-order valence-electron chi connectivity index (χ2n) is 3.84. The summed E-state index contributed by atoms with van der Waals surface area (Å²) in [6.07, 6.45) is 5.32. The van der Waals surface area contributed by atoms with Crippen LogP contribution in [0.4, 0.5) is 0 Å². The van der Waals surface area contributed by atoms with E-state index in [1.807, 2.05) is 0 Å². The third-order valence-corrected chi connectivity index (χ3v) is 3.86. The van der Waals surface area contributed by atoms with E-state index in [1.165, 1.54) is 0 Å². The highest BCUT2D eigenvalue weighted by Crippen LogP contribution is 2.37. The van der Waals surface area contributed by atoms with Gasteiger partial charge in [-0.1, -0.05) is 11.8 Å². The van der Waals surface area contributed by atoms with E-state index in [4.69, 9.17) is 10.8 Å². The van der Waals surface area contributed by atoms with Gasteiger partial charge in [-0.15, -0.1) is 0 Å². The summed E-state index contributed by atoms with van der Waals surface area (Å²) in [5.41, 5.74) is 4.74. The maximum absolute atomic E-state index is 10.9. The number of hydrogen-bond acceptors (Lipinski definition) is 4. The van der Waals surface area contributed by atoms with E-state index >= 15 is 0 Å². The number of nitrogens with two attached hydrogens (primary N) is 1. The zero-order valence-corrected chi connectivity index (χ0v) is 8.96. The van der Waals surface area contributed by atoms with Gasteiger partial charge in [0.1, 0.15) is 5.54 Å². The van der Waals surface area contributed by atoms with Crippen molar-refractivity contribution in [1.82, 2.24) is 9.97 Å². The largest absolute Gasteiger partial charge is 0.480 e. The molecule has 0 bridgehead atoms. The Hall–Kier alpha value is -1.01. The van der Waals surface area contributed by atoms with Crippen LogP contribution >= 0.6 is 11.8 Å². The van der Waals surface area contributed by atoms with Gasteiger partial charge >= 0.3 is 5.97 Å². The minimum atomic E-state index is -1.04. The van der Waals surface area contributed by atoms with E-state index in [2.05, 4.69) is 9.97 Å². The number of aliphatic carboxylic acids is 1. The molecule has 2 atom stereocenters. The van der Waals surface area contributed by atoms with E-state index in [-0.39, 0.29) is 5.25 Å². The van der Waals surface area contributed by atoms with Crippen LogP contribution in [0, 0.1) is 0 Å². The van der Waals surface area contributed by atoms with Crippen LogP contribution in [0.1, 0.15) is 19.3 Å². The first-order valence-electron chi connectivity index (χ1n) is 4.78. The van der Waals surface area contributed by atoms with Crippen LogP contribution in [0.15, 0.2) is 17.6 Å². The first kappa shape index (κ1) is 10.5. The van der Waals surface area contributed by atoms with Gasteiger partial charge in [0.15, 0.2) is 5.16 Å². The van der Waals surface area contributed by atoms with Gasteiger partial charge in [-0.3, -0.25) is 4.79 Å². The number of thioether (sulfide) groups is 1. The number of nitrogens with zero attached hydrogens (tertiary/aromatic N) is 1. The molecule has 1 saturated carbocycles. The minimum absolute atomic E-state index is 0.247. The molecule has 0 spiro atoms. The predicted molar refractivity (Wildman–Crippen MR) is 56.6 cm³/mol. The first-order chi connectivity index (χ1) is 7.10. The second kappa shape index (κ2) is 3.86. The summed E-state index contributed by atoms with van der Waals surface area (Å²) in [6, 6.07) is 0. The van der Waals surface area contributed by atoms with Gasteiger partial charge in [0.05, 0.1) is 0 Å². The van der Waals surface area contributed by atoms with E-state index in [9.17, 15) is 4.79 Å². The van der Waals surface area contributed by atoms with E-state index < -0.39 is 11.5 Å². The number of rotatable bonds is 3. The molecule has 0 saturated heterocycles. The molecule has 2 rings (SSSR count). The third kappa shape index (κ3) is 2.15. The lowest BCUT2D eigenvalue weighted by Gasteiger charge is -2.17. The standard InChI is InChI=1S/C9H13N3O2S/c10-9(7(13)14)2-1-6(5-9)15-8-11-3-4-12-8/h3-4,6H,1-2,5,10H2,(H,11,12)(H,13,14). The van der Waals surface area contributed by atoms with Crippen LogP contribution < -0.4 is 5.73 Å². The highest BCUT2D eigenvalue weighted by molar-refractivity contribution is 7.99. The topological polar surface area (TPSA) is 92.0 Å². The van der Waals surface area contributed by atoms with Crippen LogP contribution in [0.2, 0.25) is 0 Å². The normalized spacial score (nSPS) is 30.6. The average Bonchev–Trinajstić information content (AvgIpc) is 2.77. The highest BCUT2D eigenvalue weighted by atomic mass is 32.2. The Kier molecular flexibility index (Phi) is 2.70. The number of aromatic amines is 1. The Morgan fingerprint density at radius 3 is 3.13 bits per heavy atom. The van der Waals surface area contributed by atoms with Gasteiger partial charge in [0.2, 0.25) is 0 Å². The minimum Gasteiger partial charge on any atom is -0.480 e. The average molecular weight is 227 g/mol. The van der Waals surface area contributed by atoms with Crippen LogP contribution in [0.5, 0.6) is 0 Å². The number of carboxylic acid groups (broad SMARTS) is 1. The molecule has 0 aliphatic heterocycles. The second-order valence-corrected chi connectivity index (χ2v) is 5.13. The summed E-state index contributed by atoms with van der Waals surface area (Å²) in [5, 5.41) is 10.0. The Morgan fingerprint density at radius 1 is 1.80 bits per heavy atom. The summed E-state index contributed by atoms with van der Waals surface area (Å²) in [7, 11) is 0. The van der Waals surface area contributed by atoms with Gasteiger partial charge in [-0.25, -0.2) is 4.98 Å². The quantitative estimate of drug-likeness (QED) is 0.711. The molecule has 1 fully saturated rings. The van der Waals surface area contributed by atoms with Crippen molar-refractivity contribution in [3.8, 4) is 0 Å². The third-order valence-electron chi connectivity index (χ3n) is 2.68. The predicted octanol–water partition coefficient (Wildman–Crippen LogP) is 0.836. The Labute approximate surface area is 91.5 Å². The van der Waals surface area contributed by atoms with E-state index in [1.54, 1.807) is 24.2 Å². The number of carboxylic acids is 1. The number of aromatic nitrogens is 2. The van der Waals surface area contributed by atoms with Crippen molar-refractivity contribution < 1.29 is 9.90 Å². The molecule has 6 heteroatoms. The molecule has 2 unspecified atom stereocenters. The Morgan fingerprint density at radius 2 is 2.60 bits per heavy atom. The maximum Gasteiger partial charge on any atom is 0.323 e. The smallest absolute Gasteiger partial charge is 0.323 e. The van der Waals surface area contributed by atoms with Crippen molar-refractivity contribution in [2.75, 3.05) is 0 Å². The number of hydrogen-bond donors (Lipinski definition) is 3. The zero-order valence-electron chi connectivity index (χ0n) is 8.14. The van der Waals surface area contributed by atoms with Gasteiger partial charge in [-0.2, -0.15) is 0 Å². The molecule has 1 aromatic heterocycles. The summed E-state index contributed by atoms with van der Waals surface area (Å²) in [5.74, 6) is -0.898. The van der Waals surface area contributed by atoms with Crippen molar-refractivity contribution in [3.63, 3.8) is 0 Å². The monoisotopic (exact) mass is 227 g/mol. The van der Waals surface area contributed by atoms with Crippen LogP contribution in [0.3, 0.4) is 0 Å². The summed E-state index contributed by atoms with van der Waals surface area (Å²) in [4.78, 5) is 18.0. The van der Waals surface area contributed by atoms with Crippen molar-refractivity contribution in [1.29, 1.82) is 0 Å². The molecule has 0 radical (unpaired) electrons. The van der Waals surface area contributed by atoms with E-state index in [0.29, 0.717) is 12.8 Å². The van der Waals surface area contributed by atoms with Gasteiger partial charge in [-0.05, 0) is 19.3 Å². The molecule has 1 aliphatic rings. The lowest BCUT2D eigenvalue weighted by Crippen LogP contribution is -2.45. The van der Waals surface area contributed by atoms with Crippen molar-refractivity contribution >= 4 is 17.7 Å². The van der Waals surface area contributed by atoms with Gasteiger partial charge < -0.3 is 15.8 Å². The fourth-order valence-corrected chi connectivity index (χ4v) is 2.99. The molecule has 82 valence electrons. The van der Waals surface area contributed by atoms with Gasteiger partial charge in [0.25, 0.3) is 0 Å². The summed E-state index contributed by atoms with van der Waals surface area (Å²) >= 11 is 1.57. The number of H-pyrrole nitrogens is 1. The Balaban J connectivity index is 1.96. The SMILES string of the molecule is NC1(C(=O)O)CCC(Sc2ncc[nH]2)C1. The van der Waals surface area contributed by atoms with Crippen molar-refractivity contribution in [2.24, 2.45) is 5.73 Å². The molecule has 0 amide bonds. The molecule has 1 aliphatic carbocycles. The lowest BCUT2D eigenvalue weighted by atomic mass is 10.0. The zero-order chi connectivity index (χ0) is 10.9. The molecule has 0 aromatic carbocycles. The van der Waals surface area contributed by atoms with Crippen molar-refractivity contribution in [2.45, 2.75) is 35.2 Å². The maximum atomic E-state index is 10.9. The highest BCUT2D eigenvalue weighted by Gasteiger charge is 2.42. The number of carbonyl (C=O) groups is 1. The summed E-state index contributed by atoms with van der Waals surface area (Å²) < 4.78 is 0. The van der Waals surface area contributed by atoms with Gasteiger partial charge in [0, 0.05) is 17.6 Å².